The first kappa shape index (κ1) is 106. The molecular weight excluding hydrogens is 1910 g/mol. The van der Waals surface area contributed by atoms with E-state index in [-0.39, 0.29) is 147 Å². The second-order valence-electron chi connectivity index (χ2n) is 34.2. The van der Waals surface area contributed by atoms with E-state index in [2.05, 4.69) is 18.2 Å². The van der Waals surface area contributed by atoms with Crippen LogP contribution in [0.1, 0.15) is 86.5 Å². The lowest BCUT2D eigenvalue weighted by Gasteiger charge is -2.34. The maximum atomic E-state index is 13.3. The van der Waals surface area contributed by atoms with Crippen molar-refractivity contribution in [3.8, 4) is 90.5 Å². The Morgan fingerprint density at radius 1 is 0.246 bits per heavy atom. The van der Waals surface area contributed by atoms with Gasteiger partial charge >= 0.3 is 0 Å². The van der Waals surface area contributed by atoms with Crippen molar-refractivity contribution in [3.63, 3.8) is 0 Å². The van der Waals surface area contributed by atoms with Gasteiger partial charge in [0.2, 0.25) is 0 Å². The average Bonchev–Trinajstić information content (AvgIpc) is 0.758. The first-order valence-electron chi connectivity index (χ1n) is 46.0. The number of hydrogen-bond donors (Lipinski definition) is 12. The molecule has 12 aromatic carbocycles. The number of ether oxygens (including phenoxy) is 8. The number of phenolic OH excluding ortho intramolecular Hbond substituents is 4. The number of hydroxylamine groups is 4. The Labute approximate surface area is 823 Å². The number of nitrogens with one attached hydrogen (secondary N) is 4. The van der Waals surface area contributed by atoms with Gasteiger partial charge in [0, 0.05) is 65.7 Å². The molecule has 142 heavy (non-hydrogen) atoms. The molecule has 748 valence electrons. The predicted octanol–water partition coefficient (Wildman–Crippen LogP) is 14.8. The van der Waals surface area contributed by atoms with Crippen molar-refractivity contribution in [3.05, 3.63) is 313 Å². The maximum Gasteiger partial charge on any atom is 0.265 e. The van der Waals surface area contributed by atoms with Gasteiger partial charge < -0.3 is 58.3 Å². The highest BCUT2D eigenvalue weighted by molar-refractivity contribution is 7.94. The molecular formula is C106H112N4O28S4. The summed E-state index contributed by atoms with van der Waals surface area (Å²) in [6.45, 7) is 2.61. The van der Waals surface area contributed by atoms with Gasteiger partial charge in [-0.05, 0) is 289 Å². The van der Waals surface area contributed by atoms with Crippen molar-refractivity contribution in [2.24, 2.45) is 0 Å². The lowest BCUT2D eigenvalue weighted by atomic mass is 9.98. The van der Waals surface area contributed by atoms with E-state index >= 15 is 0 Å². The number of carbonyl (C=O) groups excluding carboxylic acids is 4. The summed E-state index contributed by atoms with van der Waals surface area (Å²) < 4.78 is 143. The van der Waals surface area contributed by atoms with Gasteiger partial charge in [-0.2, -0.15) is 0 Å². The standard InChI is InChI=1S/2C27H29NO7S.2C26H27NO7S/c29-23-8-2-7-22(19-23)21-6-1-4-20(18-21)5-3-15-35-24-9-11-25(12-10-24)36(32,33)27(26(30)28-31)13-16-34-17-14-27;29-23-8-6-21(7-9-23)22-5-1-3-20(19-22)4-2-16-35-24-10-12-25(13-11-24)36(32,33)27(26(30)28-31)14-17-34-18-15-27;28-22-7-5-21(6-8-22)20-3-1-19(2-4-20)13-16-34-23-9-11-24(12-10-23)35(31,32)26(25(29)27-30)14-17-33-18-15-26;28-22-3-1-2-21(18-22)20-6-4-19(5-7-20)12-15-34-23-8-10-24(11-9-23)35(31,32)26(25(29)27-30)13-16-33-17-14-26/h1-2,4,6-12,18-19,29,31H,3,5,13-17H2,(H,28,30);1,3,5-13,19,29,31H,2,4,14-18H2,(H,28,30);1-12,28,30H,13-18H2,(H,27,29);1-11,18,28,30H,12-17H2,(H,27,29). The maximum absolute atomic E-state index is 13.3. The minimum absolute atomic E-state index is 0.00797. The Kier molecular flexibility index (Phi) is 36.3. The van der Waals surface area contributed by atoms with Crippen LogP contribution in [0.25, 0.3) is 44.5 Å². The van der Waals surface area contributed by atoms with Gasteiger partial charge in [-0.15, -0.1) is 0 Å². The molecule has 4 saturated heterocycles. The van der Waals surface area contributed by atoms with E-state index in [0.717, 1.165) is 92.4 Å². The van der Waals surface area contributed by atoms with Gasteiger partial charge in [0.05, 0.1) is 46.0 Å². The lowest BCUT2D eigenvalue weighted by molar-refractivity contribution is -0.135. The number of phenols is 4. The van der Waals surface area contributed by atoms with Crippen LogP contribution in [0.3, 0.4) is 0 Å². The van der Waals surface area contributed by atoms with E-state index in [1.807, 2.05) is 121 Å². The highest BCUT2D eigenvalue weighted by Gasteiger charge is 2.56. The number of carbonyl (C=O) groups is 4. The highest BCUT2D eigenvalue weighted by Crippen LogP contribution is 2.42. The highest BCUT2D eigenvalue weighted by atomic mass is 32.2. The number of aromatic hydroxyl groups is 4. The predicted molar refractivity (Wildman–Crippen MR) is 526 cm³/mol. The van der Waals surface area contributed by atoms with Crippen LogP contribution in [-0.2, 0) is 103 Å². The van der Waals surface area contributed by atoms with E-state index in [1.165, 1.54) is 70.5 Å². The molecule has 0 saturated carbocycles. The first-order valence-corrected chi connectivity index (χ1v) is 51.9. The Hall–Kier alpha value is -13.6. The van der Waals surface area contributed by atoms with E-state index in [0.29, 0.717) is 62.3 Å². The van der Waals surface area contributed by atoms with Gasteiger partial charge in [0.15, 0.2) is 58.3 Å². The molecule has 16 rings (SSSR count). The van der Waals surface area contributed by atoms with Gasteiger partial charge in [0.25, 0.3) is 23.6 Å². The van der Waals surface area contributed by atoms with Crippen molar-refractivity contribution >= 4 is 63.0 Å². The molecule has 36 heteroatoms. The zero-order valence-electron chi connectivity index (χ0n) is 77.5. The average molecular weight is 2020 g/mol. The summed E-state index contributed by atoms with van der Waals surface area (Å²) in [5.41, 5.74) is 18.6. The van der Waals surface area contributed by atoms with Crippen molar-refractivity contribution in [1.29, 1.82) is 0 Å². The molecule has 0 unspecified atom stereocenters. The summed E-state index contributed by atoms with van der Waals surface area (Å²) in [5.74, 6) is -0.806. The second-order valence-corrected chi connectivity index (χ2v) is 43.2. The summed E-state index contributed by atoms with van der Waals surface area (Å²) >= 11 is 0. The topological polar surface area (TPSA) is 489 Å². The molecule has 4 fully saturated rings. The lowest BCUT2D eigenvalue weighted by Crippen LogP contribution is -2.54. The smallest absolute Gasteiger partial charge is 0.265 e. The minimum Gasteiger partial charge on any atom is -0.508 e. The quantitative estimate of drug-likeness (QED) is 0.0101. The molecule has 0 aromatic heterocycles. The normalized spacial score (nSPS) is 15.3. The molecule has 4 heterocycles. The third kappa shape index (κ3) is 25.3. The molecule has 12 aromatic rings. The van der Waals surface area contributed by atoms with Crippen molar-refractivity contribution in [2.45, 2.75) is 128 Å². The summed E-state index contributed by atoms with van der Waals surface area (Å²) in [6.07, 6.45) is 4.14. The Morgan fingerprint density at radius 3 is 0.732 bits per heavy atom. The SMILES string of the molecule is O=C(NO)C1(S(=O)(=O)c2ccc(OCCCc3cccc(-c4ccc(O)cc4)c3)cc2)CCOCC1.O=C(NO)C1(S(=O)(=O)c2ccc(OCCCc3cccc(-c4cccc(O)c4)c3)cc2)CCOCC1.O=C(NO)C1(S(=O)(=O)c2ccc(OCCc3ccc(-c4ccc(O)cc4)cc3)cc2)CCOCC1.O=C(NO)C1(S(=O)(=O)c2ccc(OCCc3ccc(-c4cccc(O)c4)cc3)cc2)CCOCC1. The summed E-state index contributed by atoms with van der Waals surface area (Å²) in [6, 6.07) is 84.5. The molecule has 0 atom stereocenters. The minimum atomic E-state index is -4.07. The van der Waals surface area contributed by atoms with E-state index in [1.54, 1.807) is 103 Å². The third-order valence-corrected chi connectivity index (χ3v) is 35.5. The molecule has 12 N–H and O–H groups in total. The van der Waals surface area contributed by atoms with E-state index in [9.17, 15) is 73.3 Å². The van der Waals surface area contributed by atoms with Crippen LogP contribution in [0.2, 0.25) is 0 Å². The number of hydrogen-bond acceptors (Lipinski definition) is 28. The molecule has 4 aliphatic rings. The van der Waals surface area contributed by atoms with Gasteiger partial charge in [-0.3, -0.25) is 40.0 Å². The molecule has 0 aliphatic carbocycles. The number of sulfone groups is 4. The summed E-state index contributed by atoms with van der Waals surface area (Å²) in [5, 5.41) is 74.9. The van der Waals surface area contributed by atoms with Crippen LogP contribution in [0.5, 0.6) is 46.0 Å². The van der Waals surface area contributed by atoms with Crippen LogP contribution < -0.4 is 40.9 Å². The van der Waals surface area contributed by atoms with Crippen molar-refractivity contribution < 1.29 is 132 Å². The molecule has 0 bridgehead atoms. The van der Waals surface area contributed by atoms with Crippen molar-refractivity contribution in [1.82, 2.24) is 21.9 Å². The molecule has 32 nitrogen and oxygen atoms in total. The number of benzene rings is 12. The number of amides is 4. The fraction of sp³-hybridized carbons (Fsp3) is 0.283. The largest absolute Gasteiger partial charge is 0.508 e. The van der Waals surface area contributed by atoms with Crippen LogP contribution in [0, 0.1) is 0 Å². The zero-order chi connectivity index (χ0) is 101. The van der Waals surface area contributed by atoms with Gasteiger partial charge in [0.1, 0.15) is 46.0 Å². The Morgan fingerprint density at radius 2 is 0.472 bits per heavy atom. The third-order valence-electron chi connectivity index (χ3n) is 25.5. The monoisotopic (exact) mass is 2020 g/mol. The summed E-state index contributed by atoms with van der Waals surface area (Å²) in [7, 11) is -16.3. The zero-order valence-corrected chi connectivity index (χ0v) is 80.7. The second kappa shape index (κ2) is 48.7. The van der Waals surface area contributed by atoms with Gasteiger partial charge in [-0.25, -0.2) is 55.6 Å². The first-order chi connectivity index (χ1) is 68.4. The van der Waals surface area contributed by atoms with Crippen molar-refractivity contribution in [2.75, 3.05) is 79.3 Å². The fourth-order valence-electron chi connectivity index (χ4n) is 17.2. The van der Waals surface area contributed by atoms with E-state index < -0.39 is 82.0 Å². The Bertz CT molecular complexity index is 6720. The summed E-state index contributed by atoms with van der Waals surface area (Å²) in [4.78, 5) is 49.3. The van der Waals surface area contributed by atoms with E-state index in [4.69, 9.17) is 58.7 Å². The van der Waals surface area contributed by atoms with Crippen LogP contribution >= 0.6 is 0 Å². The molecule has 4 aliphatic heterocycles. The van der Waals surface area contributed by atoms with Crippen LogP contribution in [0.4, 0.5) is 0 Å². The number of aryl methyl sites for hydroxylation is 2. The molecule has 0 radical (unpaired) electrons. The number of rotatable bonds is 34. The Balaban J connectivity index is 0.000000159. The molecule has 0 spiro atoms. The molecule has 4 amide bonds. The van der Waals surface area contributed by atoms with Gasteiger partial charge in [-0.1, -0.05) is 146 Å². The fourth-order valence-corrected chi connectivity index (χ4v) is 24.9. The van der Waals surface area contributed by atoms with Crippen LogP contribution in [-0.4, -0.2) is 197 Å². The van der Waals surface area contributed by atoms with Crippen LogP contribution in [0.15, 0.2) is 311 Å².